The van der Waals surface area contributed by atoms with E-state index >= 15 is 0 Å². The number of hydrogen-bond acceptors (Lipinski definition) is 3. The van der Waals surface area contributed by atoms with Gasteiger partial charge in [0.15, 0.2) is 11.6 Å². The first kappa shape index (κ1) is 13.2. The molecule has 0 saturated heterocycles. The number of halogens is 2. The molecule has 0 heterocycles. The average molecular weight is 268 g/mol. The van der Waals surface area contributed by atoms with Gasteiger partial charge in [-0.1, -0.05) is 17.7 Å². The molecule has 90 valence electrons. The average Bonchev–Trinajstić information content (AvgIpc) is 2.17. The molecule has 0 aliphatic heterocycles. The van der Waals surface area contributed by atoms with Crippen molar-refractivity contribution in [1.29, 1.82) is 0 Å². The molecule has 0 atom stereocenters. The molecule has 0 saturated carbocycles. The SMILES string of the molecule is NS(=O)(=O)CCCOc1cccc(Cl)c1F. The number of nitrogens with two attached hydrogens (primary N) is 1. The van der Waals surface area contributed by atoms with E-state index < -0.39 is 15.8 Å². The Kier molecular flexibility index (Phi) is 4.52. The highest BCUT2D eigenvalue weighted by Crippen LogP contribution is 2.23. The second-order valence-electron chi connectivity index (χ2n) is 3.12. The monoisotopic (exact) mass is 267 g/mol. The minimum atomic E-state index is -3.50. The first-order valence-electron chi connectivity index (χ1n) is 4.47. The number of rotatable bonds is 5. The predicted molar refractivity (Wildman–Crippen MR) is 59.5 cm³/mol. The first-order chi connectivity index (χ1) is 7.40. The van der Waals surface area contributed by atoms with E-state index in [0.717, 1.165) is 0 Å². The maximum absolute atomic E-state index is 13.3. The van der Waals surface area contributed by atoms with Crippen molar-refractivity contribution >= 4 is 21.6 Å². The summed E-state index contributed by atoms with van der Waals surface area (Å²) in [6.45, 7) is 0.0632. The maximum Gasteiger partial charge on any atom is 0.209 e. The summed E-state index contributed by atoms with van der Waals surface area (Å²) in [6.07, 6.45) is 0.199. The molecule has 0 spiro atoms. The Balaban J connectivity index is 2.47. The minimum absolute atomic E-state index is 0.00178. The molecule has 1 aromatic carbocycles. The van der Waals surface area contributed by atoms with E-state index in [1.807, 2.05) is 0 Å². The van der Waals surface area contributed by atoms with Crippen molar-refractivity contribution in [1.82, 2.24) is 0 Å². The van der Waals surface area contributed by atoms with Crippen molar-refractivity contribution in [3.8, 4) is 5.75 Å². The number of sulfonamides is 1. The summed E-state index contributed by atoms with van der Waals surface area (Å²) >= 11 is 5.53. The van der Waals surface area contributed by atoms with Gasteiger partial charge in [-0.2, -0.15) is 0 Å². The largest absolute Gasteiger partial charge is 0.490 e. The number of hydrogen-bond donors (Lipinski definition) is 1. The van der Waals surface area contributed by atoms with E-state index in [1.54, 1.807) is 6.07 Å². The van der Waals surface area contributed by atoms with Crippen LogP contribution < -0.4 is 9.88 Å². The summed E-state index contributed by atoms with van der Waals surface area (Å²) in [7, 11) is -3.50. The Morgan fingerprint density at radius 2 is 2.12 bits per heavy atom. The van der Waals surface area contributed by atoms with Gasteiger partial charge < -0.3 is 4.74 Å². The summed E-state index contributed by atoms with van der Waals surface area (Å²) in [5, 5.41) is 4.75. The maximum atomic E-state index is 13.3. The lowest BCUT2D eigenvalue weighted by molar-refractivity contribution is 0.301. The molecule has 0 fully saturated rings. The fourth-order valence-electron chi connectivity index (χ4n) is 1.04. The van der Waals surface area contributed by atoms with Crippen LogP contribution in [0.25, 0.3) is 0 Å². The third-order valence-electron chi connectivity index (χ3n) is 1.75. The van der Waals surface area contributed by atoms with Crippen LogP contribution in [0.2, 0.25) is 5.02 Å². The van der Waals surface area contributed by atoms with Gasteiger partial charge in [0.1, 0.15) is 0 Å². The summed E-state index contributed by atoms with van der Waals surface area (Å²) in [5.74, 6) is -0.850. The molecule has 2 N–H and O–H groups in total. The van der Waals surface area contributed by atoms with Gasteiger partial charge in [-0.3, -0.25) is 0 Å². The molecule has 0 aromatic heterocycles. The van der Waals surface area contributed by atoms with E-state index in [9.17, 15) is 12.8 Å². The third-order valence-corrected chi connectivity index (χ3v) is 2.90. The molecule has 0 aliphatic carbocycles. The zero-order valence-corrected chi connectivity index (χ0v) is 9.89. The van der Waals surface area contributed by atoms with E-state index in [1.165, 1.54) is 12.1 Å². The standard InChI is InChI=1S/C9H11ClFNO3S/c10-7-3-1-4-8(9(7)11)15-5-2-6-16(12,13)14/h1,3-4H,2,5-6H2,(H2,12,13,14). The van der Waals surface area contributed by atoms with Crippen LogP contribution in [-0.4, -0.2) is 20.8 Å². The lowest BCUT2D eigenvalue weighted by Crippen LogP contribution is -2.18. The summed E-state index contributed by atoms with van der Waals surface area (Å²) in [5.41, 5.74) is 0. The van der Waals surface area contributed by atoms with E-state index in [-0.39, 0.29) is 29.6 Å². The number of ether oxygens (including phenoxy) is 1. The highest BCUT2D eigenvalue weighted by Gasteiger charge is 2.07. The molecule has 4 nitrogen and oxygen atoms in total. The zero-order valence-electron chi connectivity index (χ0n) is 8.32. The van der Waals surface area contributed by atoms with Crippen molar-refractivity contribution in [3.05, 3.63) is 29.0 Å². The van der Waals surface area contributed by atoms with Gasteiger partial charge in [-0.25, -0.2) is 17.9 Å². The van der Waals surface area contributed by atoms with Crippen LogP contribution in [0.4, 0.5) is 4.39 Å². The molecule has 7 heteroatoms. The lowest BCUT2D eigenvalue weighted by atomic mass is 10.3. The van der Waals surface area contributed by atoms with Crippen LogP contribution in [0.3, 0.4) is 0 Å². The van der Waals surface area contributed by atoms with E-state index in [2.05, 4.69) is 0 Å². The van der Waals surface area contributed by atoms with Crippen molar-refractivity contribution in [2.45, 2.75) is 6.42 Å². The molecular formula is C9H11ClFNO3S. The van der Waals surface area contributed by atoms with Crippen molar-refractivity contribution in [3.63, 3.8) is 0 Å². The number of primary sulfonamides is 1. The lowest BCUT2D eigenvalue weighted by Gasteiger charge is -2.07. The predicted octanol–water partition coefficient (Wildman–Crippen LogP) is 1.54. The third kappa shape index (κ3) is 4.34. The van der Waals surface area contributed by atoms with Crippen LogP contribution in [0.5, 0.6) is 5.75 Å². The molecule has 0 amide bonds. The fourth-order valence-corrected chi connectivity index (χ4v) is 1.72. The second-order valence-corrected chi connectivity index (χ2v) is 5.26. The van der Waals surface area contributed by atoms with Gasteiger partial charge in [0.05, 0.1) is 17.4 Å². The van der Waals surface area contributed by atoms with E-state index in [4.69, 9.17) is 21.5 Å². The Morgan fingerprint density at radius 1 is 1.44 bits per heavy atom. The van der Waals surface area contributed by atoms with Gasteiger partial charge in [-0.05, 0) is 18.6 Å². The highest BCUT2D eigenvalue weighted by atomic mass is 35.5. The zero-order chi connectivity index (χ0) is 12.2. The van der Waals surface area contributed by atoms with Gasteiger partial charge in [0.2, 0.25) is 10.0 Å². The molecule has 1 aromatic rings. The van der Waals surface area contributed by atoms with Crippen LogP contribution in [0.15, 0.2) is 18.2 Å². The van der Waals surface area contributed by atoms with Gasteiger partial charge in [0, 0.05) is 0 Å². The van der Waals surface area contributed by atoms with Crippen molar-refractivity contribution < 1.29 is 17.5 Å². The molecule has 16 heavy (non-hydrogen) atoms. The van der Waals surface area contributed by atoms with Crippen molar-refractivity contribution in [2.75, 3.05) is 12.4 Å². The Morgan fingerprint density at radius 3 is 2.75 bits per heavy atom. The normalized spacial score (nSPS) is 11.4. The van der Waals surface area contributed by atoms with Gasteiger partial charge >= 0.3 is 0 Å². The van der Waals surface area contributed by atoms with Crippen LogP contribution in [-0.2, 0) is 10.0 Å². The summed E-state index contributed by atoms with van der Waals surface area (Å²) in [6, 6.07) is 4.35. The Bertz CT molecular complexity index is 464. The molecule has 0 aliphatic rings. The molecule has 1 rings (SSSR count). The highest BCUT2D eigenvalue weighted by molar-refractivity contribution is 7.89. The topological polar surface area (TPSA) is 69.4 Å². The Labute approximate surface area is 98.2 Å². The summed E-state index contributed by atoms with van der Waals surface area (Å²) in [4.78, 5) is 0. The minimum Gasteiger partial charge on any atom is -0.490 e. The van der Waals surface area contributed by atoms with Crippen LogP contribution in [0, 0.1) is 5.82 Å². The van der Waals surface area contributed by atoms with Crippen LogP contribution in [0.1, 0.15) is 6.42 Å². The van der Waals surface area contributed by atoms with Gasteiger partial charge in [-0.15, -0.1) is 0 Å². The molecule has 0 unspecified atom stereocenters. The quantitative estimate of drug-likeness (QED) is 0.823. The Hall–Kier alpha value is -0.850. The first-order valence-corrected chi connectivity index (χ1v) is 6.57. The van der Waals surface area contributed by atoms with Crippen molar-refractivity contribution in [2.24, 2.45) is 5.14 Å². The second kappa shape index (κ2) is 5.47. The number of benzene rings is 1. The molecule has 0 radical (unpaired) electrons. The fraction of sp³-hybridized carbons (Fsp3) is 0.333. The van der Waals surface area contributed by atoms with Crippen LogP contribution >= 0.6 is 11.6 Å². The van der Waals surface area contributed by atoms with E-state index in [0.29, 0.717) is 0 Å². The molecule has 0 bridgehead atoms. The molecular weight excluding hydrogens is 257 g/mol. The van der Waals surface area contributed by atoms with Gasteiger partial charge in [0.25, 0.3) is 0 Å². The summed E-state index contributed by atoms with van der Waals surface area (Å²) < 4.78 is 39.5. The smallest absolute Gasteiger partial charge is 0.209 e.